The summed E-state index contributed by atoms with van der Waals surface area (Å²) in [4.78, 5) is 14.4. The molecule has 1 N–H and O–H groups in total. The van der Waals surface area contributed by atoms with Crippen molar-refractivity contribution in [2.75, 3.05) is 18.0 Å². The Morgan fingerprint density at radius 1 is 1.17 bits per heavy atom. The second kappa shape index (κ2) is 7.92. The van der Waals surface area contributed by atoms with Crippen molar-refractivity contribution >= 4 is 33.0 Å². The highest BCUT2D eigenvalue weighted by Gasteiger charge is 2.17. The molecule has 0 atom stereocenters. The first kappa shape index (κ1) is 18.6. The van der Waals surface area contributed by atoms with Crippen molar-refractivity contribution in [1.82, 2.24) is 4.72 Å². The number of thiophene rings is 1. The van der Waals surface area contributed by atoms with E-state index >= 15 is 0 Å². The maximum Gasteiger partial charge on any atom is 0.250 e. The lowest BCUT2D eigenvalue weighted by Gasteiger charge is -2.21. The van der Waals surface area contributed by atoms with Gasteiger partial charge in [-0.15, -0.1) is 11.3 Å². The molecule has 24 heavy (non-hydrogen) atoms. The van der Waals surface area contributed by atoms with Crippen LogP contribution in [0.2, 0.25) is 0 Å². The van der Waals surface area contributed by atoms with Crippen molar-refractivity contribution < 1.29 is 13.2 Å². The van der Waals surface area contributed by atoms with E-state index in [2.05, 4.69) is 11.6 Å². The molecule has 0 aliphatic carbocycles. The molecule has 130 valence electrons. The van der Waals surface area contributed by atoms with E-state index in [1.807, 2.05) is 31.2 Å². The smallest absolute Gasteiger partial charge is 0.250 e. The lowest BCUT2D eigenvalue weighted by atomic mass is 10.1. The molecule has 0 saturated carbocycles. The Bertz CT molecular complexity index is 795. The van der Waals surface area contributed by atoms with Gasteiger partial charge in [0.25, 0.3) is 0 Å². The monoisotopic (exact) mass is 366 g/mol. The molecule has 0 spiro atoms. The largest absolute Gasteiger partial charge is 0.311 e. The molecule has 5 nitrogen and oxygen atoms in total. The molecule has 1 aromatic heterocycles. The van der Waals surface area contributed by atoms with E-state index in [0.717, 1.165) is 17.0 Å². The molecular weight excluding hydrogens is 344 g/mol. The van der Waals surface area contributed by atoms with Crippen LogP contribution in [0.4, 0.5) is 5.69 Å². The number of anilines is 1. The highest BCUT2D eigenvalue weighted by Crippen LogP contribution is 2.20. The zero-order chi connectivity index (χ0) is 17.7. The van der Waals surface area contributed by atoms with Gasteiger partial charge >= 0.3 is 0 Å². The molecule has 0 unspecified atom stereocenters. The van der Waals surface area contributed by atoms with Gasteiger partial charge in [-0.2, -0.15) is 0 Å². The summed E-state index contributed by atoms with van der Waals surface area (Å²) in [6.45, 7) is 5.85. The zero-order valence-electron chi connectivity index (χ0n) is 14.1. The predicted molar refractivity (Wildman–Crippen MR) is 98.1 cm³/mol. The number of hydrogen-bond acceptors (Lipinski definition) is 4. The van der Waals surface area contributed by atoms with Crippen molar-refractivity contribution in [3.63, 3.8) is 0 Å². The average Bonchev–Trinajstić information content (AvgIpc) is 2.99. The van der Waals surface area contributed by atoms with Crippen LogP contribution in [0.3, 0.4) is 0 Å². The van der Waals surface area contributed by atoms with Gasteiger partial charge in [-0.25, -0.2) is 13.1 Å². The van der Waals surface area contributed by atoms with Gasteiger partial charge in [-0.3, -0.25) is 4.79 Å². The minimum atomic E-state index is -3.52. The van der Waals surface area contributed by atoms with E-state index in [0.29, 0.717) is 4.21 Å². The van der Waals surface area contributed by atoms with Crippen LogP contribution in [0.1, 0.15) is 24.3 Å². The quantitative estimate of drug-likeness (QED) is 0.819. The molecule has 1 heterocycles. The average molecular weight is 367 g/mol. The standard InChI is InChI=1S/C17H22N2O3S2/c1-4-15-6-8-16(9-7-15)19(14(3)20)12-11-18-24(21,22)17-10-5-13(2)23-17/h5-10,18H,4,11-12H2,1-3H3. The van der Waals surface area contributed by atoms with Gasteiger partial charge in [0.15, 0.2) is 0 Å². The molecule has 1 aromatic carbocycles. The number of amides is 1. The van der Waals surface area contributed by atoms with Crippen LogP contribution in [0, 0.1) is 6.92 Å². The Kier molecular flexibility index (Phi) is 6.15. The topological polar surface area (TPSA) is 66.5 Å². The molecule has 2 rings (SSSR count). The van der Waals surface area contributed by atoms with Gasteiger partial charge in [0.1, 0.15) is 4.21 Å². The Morgan fingerprint density at radius 3 is 2.33 bits per heavy atom. The minimum absolute atomic E-state index is 0.120. The van der Waals surface area contributed by atoms with Crippen molar-refractivity contribution in [2.45, 2.75) is 31.4 Å². The molecule has 2 aromatic rings. The maximum absolute atomic E-state index is 12.2. The molecule has 0 bridgehead atoms. The molecule has 0 aliphatic heterocycles. The number of hydrogen-bond donors (Lipinski definition) is 1. The number of carbonyl (C=O) groups is 1. The first-order chi connectivity index (χ1) is 11.3. The summed E-state index contributed by atoms with van der Waals surface area (Å²) in [6.07, 6.45) is 0.931. The fourth-order valence-electron chi connectivity index (χ4n) is 2.30. The van der Waals surface area contributed by atoms with Crippen molar-refractivity contribution in [3.05, 3.63) is 46.8 Å². The van der Waals surface area contributed by atoms with Gasteiger partial charge in [-0.1, -0.05) is 19.1 Å². The third-order valence-corrected chi connectivity index (χ3v) is 6.60. The third kappa shape index (κ3) is 4.66. The van der Waals surface area contributed by atoms with Gasteiger partial charge in [0, 0.05) is 30.6 Å². The van der Waals surface area contributed by atoms with Gasteiger partial charge < -0.3 is 4.90 Å². The van der Waals surface area contributed by atoms with Gasteiger partial charge in [0.2, 0.25) is 15.9 Å². The molecule has 0 saturated heterocycles. The normalized spacial score (nSPS) is 11.5. The molecule has 0 aliphatic rings. The first-order valence-corrected chi connectivity index (χ1v) is 10.1. The van der Waals surface area contributed by atoms with E-state index in [4.69, 9.17) is 0 Å². The predicted octanol–water partition coefficient (Wildman–Crippen LogP) is 2.95. The number of carbonyl (C=O) groups excluding carboxylic acids is 1. The number of rotatable bonds is 7. The van der Waals surface area contributed by atoms with Crippen LogP contribution in [0.25, 0.3) is 0 Å². The number of nitrogens with one attached hydrogen (secondary N) is 1. The van der Waals surface area contributed by atoms with Crippen LogP contribution in [-0.4, -0.2) is 27.4 Å². The molecular formula is C17H22N2O3S2. The molecule has 7 heteroatoms. The summed E-state index contributed by atoms with van der Waals surface area (Å²) in [5.41, 5.74) is 1.96. The van der Waals surface area contributed by atoms with E-state index in [1.54, 1.807) is 17.0 Å². The van der Waals surface area contributed by atoms with Crippen LogP contribution >= 0.6 is 11.3 Å². The summed E-state index contributed by atoms with van der Waals surface area (Å²) < 4.78 is 27.3. The summed E-state index contributed by atoms with van der Waals surface area (Å²) >= 11 is 1.23. The third-order valence-electron chi connectivity index (χ3n) is 3.64. The van der Waals surface area contributed by atoms with Gasteiger partial charge in [0.05, 0.1) is 0 Å². The zero-order valence-corrected chi connectivity index (χ0v) is 15.7. The Hall–Kier alpha value is -1.70. The summed E-state index contributed by atoms with van der Waals surface area (Å²) in [5.74, 6) is -0.120. The minimum Gasteiger partial charge on any atom is -0.311 e. The lowest BCUT2D eigenvalue weighted by Crippen LogP contribution is -2.37. The lowest BCUT2D eigenvalue weighted by molar-refractivity contribution is -0.116. The molecule has 0 radical (unpaired) electrons. The first-order valence-electron chi connectivity index (χ1n) is 7.76. The second-order valence-corrected chi connectivity index (χ2v) is 8.74. The Balaban J connectivity index is 2.02. The van der Waals surface area contributed by atoms with E-state index in [9.17, 15) is 13.2 Å². The Labute approximate surface area is 147 Å². The van der Waals surface area contributed by atoms with E-state index in [-0.39, 0.29) is 19.0 Å². The van der Waals surface area contributed by atoms with Crippen molar-refractivity contribution in [2.24, 2.45) is 0 Å². The van der Waals surface area contributed by atoms with Crippen molar-refractivity contribution in [1.29, 1.82) is 0 Å². The SMILES string of the molecule is CCc1ccc(N(CCNS(=O)(=O)c2ccc(C)s2)C(C)=O)cc1. The van der Waals surface area contributed by atoms with E-state index in [1.165, 1.54) is 23.8 Å². The molecule has 0 fully saturated rings. The summed E-state index contributed by atoms with van der Waals surface area (Å²) in [6, 6.07) is 11.1. The van der Waals surface area contributed by atoms with Gasteiger partial charge in [-0.05, 0) is 43.2 Å². The van der Waals surface area contributed by atoms with Crippen LogP contribution < -0.4 is 9.62 Å². The fourth-order valence-corrected chi connectivity index (χ4v) is 4.65. The number of sulfonamides is 1. The number of nitrogens with zero attached hydrogens (tertiary/aromatic N) is 1. The van der Waals surface area contributed by atoms with Crippen LogP contribution in [-0.2, 0) is 21.2 Å². The fraction of sp³-hybridized carbons (Fsp3) is 0.353. The maximum atomic E-state index is 12.2. The summed E-state index contributed by atoms with van der Waals surface area (Å²) in [5, 5.41) is 0. The van der Waals surface area contributed by atoms with Crippen molar-refractivity contribution in [3.8, 4) is 0 Å². The summed E-state index contributed by atoms with van der Waals surface area (Å²) in [7, 11) is -3.52. The highest BCUT2D eigenvalue weighted by molar-refractivity contribution is 7.91. The number of aryl methyl sites for hydroxylation is 2. The van der Waals surface area contributed by atoms with Crippen LogP contribution in [0.15, 0.2) is 40.6 Å². The Morgan fingerprint density at radius 2 is 1.83 bits per heavy atom. The second-order valence-electron chi connectivity index (χ2n) is 5.45. The van der Waals surface area contributed by atoms with E-state index < -0.39 is 10.0 Å². The van der Waals surface area contributed by atoms with Crippen LogP contribution in [0.5, 0.6) is 0 Å². The molecule has 1 amide bonds. The number of benzene rings is 1. The highest BCUT2D eigenvalue weighted by atomic mass is 32.2.